The lowest BCUT2D eigenvalue weighted by Crippen LogP contribution is -2.40. The molecule has 1 fully saturated rings. The lowest BCUT2D eigenvalue weighted by atomic mass is 9.99. The molecular formula is C20H30N4O3. The van der Waals surface area contributed by atoms with Gasteiger partial charge < -0.3 is 20.3 Å². The van der Waals surface area contributed by atoms with E-state index in [-0.39, 0.29) is 23.7 Å². The second-order valence-corrected chi connectivity index (χ2v) is 6.88. The molecule has 7 heteroatoms. The fourth-order valence-corrected chi connectivity index (χ4v) is 3.27. The van der Waals surface area contributed by atoms with Gasteiger partial charge in [0, 0.05) is 38.8 Å². The Morgan fingerprint density at radius 3 is 2.56 bits per heavy atom. The number of carbonyl (C=O) groups excluding carboxylic acids is 2. The van der Waals surface area contributed by atoms with E-state index in [0.29, 0.717) is 13.1 Å². The summed E-state index contributed by atoms with van der Waals surface area (Å²) in [4.78, 5) is 29.8. The van der Waals surface area contributed by atoms with E-state index in [0.717, 1.165) is 36.7 Å². The molecule has 1 saturated heterocycles. The van der Waals surface area contributed by atoms with Gasteiger partial charge in [-0.1, -0.05) is 19.1 Å². The summed E-state index contributed by atoms with van der Waals surface area (Å²) in [6.07, 6.45) is 0.805. The number of ether oxygens (including phenoxy) is 1. The Morgan fingerprint density at radius 1 is 1.26 bits per heavy atom. The van der Waals surface area contributed by atoms with Gasteiger partial charge in [0.15, 0.2) is 5.96 Å². The molecule has 148 valence electrons. The Kier molecular flexibility index (Phi) is 7.64. The van der Waals surface area contributed by atoms with Gasteiger partial charge >= 0.3 is 5.97 Å². The summed E-state index contributed by atoms with van der Waals surface area (Å²) in [5, 5.41) is 6.08. The summed E-state index contributed by atoms with van der Waals surface area (Å²) in [5.74, 6) is 0.737. The van der Waals surface area contributed by atoms with Crippen molar-refractivity contribution in [1.82, 2.24) is 10.2 Å². The number of hydrogen-bond donors (Lipinski definition) is 2. The van der Waals surface area contributed by atoms with Crippen LogP contribution in [0, 0.1) is 11.8 Å². The normalized spacial score (nSPS) is 19.7. The van der Waals surface area contributed by atoms with Gasteiger partial charge in [-0.3, -0.25) is 14.6 Å². The summed E-state index contributed by atoms with van der Waals surface area (Å²) in [6.45, 7) is 8.44. The molecule has 2 unspecified atom stereocenters. The molecule has 0 spiro atoms. The zero-order valence-corrected chi connectivity index (χ0v) is 16.6. The van der Waals surface area contributed by atoms with Gasteiger partial charge in [0.1, 0.15) is 0 Å². The van der Waals surface area contributed by atoms with E-state index in [2.05, 4.69) is 22.5 Å². The Morgan fingerprint density at radius 2 is 1.96 bits per heavy atom. The third-order valence-electron chi connectivity index (χ3n) is 4.69. The highest BCUT2D eigenvalue weighted by Crippen LogP contribution is 2.24. The van der Waals surface area contributed by atoms with E-state index in [1.807, 2.05) is 31.2 Å². The average Bonchev–Trinajstić information content (AvgIpc) is 3.03. The first kappa shape index (κ1) is 20.7. The SMILES string of the molecule is CCNC(=NCCc1ccc(NC(C)=O)cc1)N1CC(C)C(C(=O)OC)C1. The van der Waals surface area contributed by atoms with Crippen LogP contribution >= 0.6 is 0 Å². The lowest BCUT2D eigenvalue weighted by molar-refractivity contribution is -0.146. The first-order valence-electron chi connectivity index (χ1n) is 9.42. The van der Waals surface area contributed by atoms with Gasteiger partial charge in [-0.15, -0.1) is 0 Å². The van der Waals surface area contributed by atoms with E-state index in [4.69, 9.17) is 9.73 Å². The zero-order chi connectivity index (χ0) is 19.8. The minimum atomic E-state index is -0.153. The number of likely N-dealkylation sites (tertiary alicyclic amines) is 1. The molecule has 0 radical (unpaired) electrons. The maximum absolute atomic E-state index is 11.9. The van der Waals surface area contributed by atoms with E-state index >= 15 is 0 Å². The van der Waals surface area contributed by atoms with Crippen LogP contribution in [-0.4, -0.2) is 56.0 Å². The summed E-state index contributed by atoms with van der Waals surface area (Å²) in [6, 6.07) is 7.79. The quantitative estimate of drug-likeness (QED) is 0.451. The summed E-state index contributed by atoms with van der Waals surface area (Å²) in [5.41, 5.74) is 1.95. The molecule has 1 heterocycles. The fourth-order valence-electron chi connectivity index (χ4n) is 3.27. The van der Waals surface area contributed by atoms with Crippen LogP contribution in [0.3, 0.4) is 0 Å². The van der Waals surface area contributed by atoms with Crippen molar-refractivity contribution >= 4 is 23.5 Å². The molecular weight excluding hydrogens is 344 g/mol. The van der Waals surface area contributed by atoms with Crippen molar-refractivity contribution in [3.05, 3.63) is 29.8 Å². The molecule has 1 aromatic rings. The van der Waals surface area contributed by atoms with Gasteiger partial charge in [-0.2, -0.15) is 0 Å². The number of rotatable bonds is 6. The number of carbonyl (C=O) groups is 2. The number of methoxy groups -OCH3 is 1. The molecule has 2 atom stereocenters. The van der Waals surface area contributed by atoms with Crippen molar-refractivity contribution in [2.45, 2.75) is 27.2 Å². The monoisotopic (exact) mass is 374 g/mol. The van der Waals surface area contributed by atoms with Gasteiger partial charge in [0.2, 0.25) is 5.91 Å². The van der Waals surface area contributed by atoms with Crippen molar-refractivity contribution in [3.63, 3.8) is 0 Å². The number of benzene rings is 1. The summed E-state index contributed by atoms with van der Waals surface area (Å²) < 4.78 is 4.91. The van der Waals surface area contributed by atoms with Gasteiger partial charge in [-0.25, -0.2) is 0 Å². The Balaban J connectivity index is 1.95. The van der Waals surface area contributed by atoms with Crippen LogP contribution in [0.4, 0.5) is 5.69 Å². The van der Waals surface area contributed by atoms with E-state index < -0.39 is 0 Å². The second-order valence-electron chi connectivity index (χ2n) is 6.88. The molecule has 7 nitrogen and oxygen atoms in total. The molecule has 1 amide bonds. The van der Waals surface area contributed by atoms with Crippen LogP contribution in [0.1, 0.15) is 26.3 Å². The Hall–Kier alpha value is -2.57. The Labute approximate surface area is 161 Å². The lowest BCUT2D eigenvalue weighted by Gasteiger charge is -2.21. The largest absolute Gasteiger partial charge is 0.469 e. The number of guanidine groups is 1. The van der Waals surface area contributed by atoms with Crippen LogP contribution in [0.25, 0.3) is 0 Å². The fraction of sp³-hybridized carbons (Fsp3) is 0.550. The van der Waals surface area contributed by atoms with E-state index in [1.165, 1.54) is 14.0 Å². The highest BCUT2D eigenvalue weighted by Gasteiger charge is 2.36. The predicted octanol–water partition coefficient (Wildman–Crippen LogP) is 1.89. The molecule has 1 aliphatic heterocycles. The number of hydrogen-bond acceptors (Lipinski definition) is 4. The minimum absolute atomic E-state index is 0.0762. The molecule has 1 aromatic carbocycles. The third kappa shape index (κ3) is 5.98. The maximum atomic E-state index is 11.9. The molecule has 2 N–H and O–H groups in total. The standard InChI is InChI=1S/C20H30N4O3/c1-5-21-20(24-12-14(2)18(13-24)19(26)27-4)22-11-10-16-6-8-17(9-7-16)23-15(3)25/h6-9,14,18H,5,10-13H2,1-4H3,(H,21,22)(H,23,25). The number of nitrogens with one attached hydrogen (secondary N) is 2. The Bertz CT molecular complexity index is 672. The predicted molar refractivity (Wildman–Crippen MR) is 107 cm³/mol. The highest BCUT2D eigenvalue weighted by atomic mass is 16.5. The van der Waals surface area contributed by atoms with Crippen molar-refractivity contribution < 1.29 is 14.3 Å². The number of esters is 1. The van der Waals surface area contributed by atoms with Gasteiger partial charge in [0.25, 0.3) is 0 Å². The van der Waals surface area contributed by atoms with Crippen LogP contribution in [0.2, 0.25) is 0 Å². The van der Waals surface area contributed by atoms with Crippen LogP contribution in [0.5, 0.6) is 0 Å². The van der Waals surface area contributed by atoms with Gasteiger partial charge in [-0.05, 0) is 37.0 Å². The summed E-state index contributed by atoms with van der Waals surface area (Å²) in [7, 11) is 1.44. The van der Waals surface area contributed by atoms with Gasteiger partial charge in [0.05, 0.1) is 13.0 Å². The molecule has 27 heavy (non-hydrogen) atoms. The molecule has 0 aliphatic carbocycles. The number of aliphatic imine (C=N–C) groups is 1. The van der Waals surface area contributed by atoms with Crippen molar-refractivity contribution in [2.24, 2.45) is 16.8 Å². The topological polar surface area (TPSA) is 83.0 Å². The smallest absolute Gasteiger partial charge is 0.310 e. The average molecular weight is 374 g/mol. The minimum Gasteiger partial charge on any atom is -0.469 e. The number of amides is 1. The van der Waals surface area contributed by atoms with E-state index in [9.17, 15) is 9.59 Å². The number of anilines is 1. The third-order valence-corrected chi connectivity index (χ3v) is 4.69. The molecule has 0 saturated carbocycles. The molecule has 0 aromatic heterocycles. The van der Waals surface area contributed by atoms with Crippen LogP contribution < -0.4 is 10.6 Å². The second kappa shape index (κ2) is 9.94. The van der Waals surface area contributed by atoms with Crippen molar-refractivity contribution in [3.8, 4) is 0 Å². The highest BCUT2D eigenvalue weighted by molar-refractivity contribution is 5.88. The molecule has 0 bridgehead atoms. The maximum Gasteiger partial charge on any atom is 0.310 e. The van der Waals surface area contributed by atoms with Crippen molar-refractivity contribution in [1.29, 1.82) is 0 Å². The van der Waals surface area contributed by atoms with Crippen molar-refractivity contribution in [2.75, 3.05) is 38.6 Å². The first-order valence-corrected chi connectivity index (χ1v) is 9.42. The van der Waals surface area contributed by atoms with Crippen LogP contribution in [0.15, 0.2) is 29.3 Å². The zero-order valence-electron chi connectivity index (χ0n) is 16.6. The molecule has 2 rings (SSSR count). The summed E-state index contributed by atoms with van der Waals surface area (Å²) >= 11 is 0. The first-order chi connectivity index (χ1) is 12.9. The molecule has 1 aliphatic rings. The number of nitrogens with zero attached hydrogens (tertiary/aromatic N) is 2. The van der Waals surface area contributed by atoms with Crippen LogP contribution in [-0.2, 0) is 20.7 Å². The van der Waals surface area contributed by atoms with E-state index in [1.54, 1.807) is 0 Å².